The quantitative estimate of drug-likeness (QED) is 0.404. The molecule has 0 amide bonds. The molecule has 0 aromatic carbocycles. The van der Waals surface area contributed by atoms with E-state index in [2.05, 4.69) is 48.5 Å². The van der Waals surface area contributed by atoms with Crippen molar-refractivity contribution in [1.29, 1.82) is 0 Å². The largest absolute Gasteiger partial charge is 0.393 e. The van der Waals surface area contributed by atoms with Gasteiger partial charge >= 0.3 is 0 Å². The number of aliphatic hydroxyl groups is 3. The van der Waals surface area contributed by atoms with E-state index in [0.29, 0.717) is 11.8 Å². The fraction of sp³-hybridized carbons (Fsp3) is 1.00. The Balaban J connectivity index is 1.60. The van der Waals surface area contributed by atoms with E-state index in [1.165, 1.54) is 12.8 Å². The van der Waals surface area contributed by atoms with Gasteiger partial charge < -0.3 is 20.1 Å². The zero-order valence-corrected chi connectivity index (χ0v) is 24.3. The summed E-state index contributed by atoms with van der Waals surface area (Å²) >= 11 is 0. The number of rotatable bonds is 6. The number of ether oxygens (including phenoxy) is 1. The number of hydrogen-bond acceptors (Lipinski definition) is 4. The lowest BCUT2D eigenvalue weighted by molar-refractivity contribution is -0.246. The summed E-state index contributed by atoms with van der Waals surface area (Å²) in [6.45, 7) is 18.3. The van der Waals surface area contributed by atoms with Crippen LogP contribution in [0.25, 0.3) is 0 Å². The van der Waals surface area contributed by atoms with Gasteiger partial charge in [0.25, 0.3) is 0 Å². The van der Waals surface area contributed by atoms with Crippen molar-refractivity contribution in [3.05, 3.63) is 0 Å². The zero-order chi connectivity index (χ0) is 26.2. The third-order valence-electron chi connectivity index (χ3n) is 13.2. The first-order valence-corrected chi connectivity index (χ1v) is 14.6. The van der Waals surface area contributed by atoms with Gasteiger partial charge in [-0.15, -0.1) is 0 Å². The number of methoxy groups -OCH3 is 1. The van der Waals surface area contributed by atoms with Crippen molar-refractivity contribution in [2.75, 3.05) is 7.11 Å². The maximum atomic E-state index is 11.8. The smallest absolute Gasteiger partial charge is 0.0651 e. The molecule has 3 N–H and O–H groups in total. The minimum Gasteiger partial charge on any atom is -0.393 e. The molecule has 4 heteroatoms. The van der Waals surface area contributed by atoms with E-state index < -0.39 is 5.60 Å². The van der Waals surface area contributed by atoms with Crippen LogP contribution in [0, 0.1) is 45.3 Å². The molecule has 0 spiro atoms. The molecule has 0 radical (unpaired) electrons. The summed E-state index contributed by atoms with van der Waals surface area (Å²) in [6, 6.07) is 0. The summed E-state index contributed by atoms with van der Waals surface area (Å²) in [5.41, 5.74) is -0.672. The molecule has 4 aliphatic carbocycles. The molecule has 4 aliphatic rings. The second-order valence-corrected chi connectivity index (χ2v) is 15.5. The average molecular weight is 493 g/mol. The third kappa shape index (κ3) is 4.07. The van der Waals surface area contributed by atoms with Crippen molar-refractivity contribution < 1.29 is 20.1 Å². The van der Waals surface area contributed by atoms with E-state index in [0.717, 1.165) is 51.4 Å². The molecular formula is C31H56O4. The summed E-state index contributed by atoms with van der Waals surface area (Å²) in [5.74, 6) is 1.24. The van der Waals surface area contributed by atoms with E-state index in [1.807, 2.05) is 6.92 Å². The van der Waals surface area contributed by atoms with Crippen LogP contribution in [0.15, 0.2) is 0 Å². The van der Waals surface area contributed by atoms with Gasteiger partial charge in [0.2, 0.25) is 0 Å². The van der Waals surface area contributed by atoms with Gasteiger partial charge in [-0.1, -0.05) is 34.6 Å². The van der Waals surface area contributed by atoms with Crippen LogP contribution in [-0.4, -0.2) is 45.8 Å². The normalized spacial score (nSPS) is 49.0. The molecule has 4 fully saturated rings. The summed E-state index contributed by atoms with van der Waals surface area (Å²) in [7, 11) is 1.76. The van der Waals surface area contributed by atoms with Crippen molar-refractivity contribution in [3.8, 4) is 0 Å². The van der Waals surface area contributed by atoms with Crippen molar-refractivity contribution in [2.45, 2.75) is 143 Å². The Hall–Kier alpha value is -0.160. The highest BCUT2D eigenvalue weighted by molar-refractivity contribution is 5.19. The van der Waals surface area contributed by atoms with E-state index in [4.69, 9.17) is 4.74 Å². The van der Waals surface area contributed by atoms with Crippen LogP contribution in [0.3, 0.4) is 0 Å². The van der Waals surface area contributed by atoms with Gasteiger partial charge in [-0.05, 0) is 130 Å². The minimum atomic E-state index is -0.769. The number of aliphatic hydroxyl groups excluding tert-OH is 2. The Morgan fingerprint density at radius 1 is 0.829 bits per heavy atom. The number of hydrogen-bond donors (Lipinski definition) is 3. The lowest BCUT2D eigenvalue weighted by Gasteiger charge is -2.70. The molecule has 1 unspecified atom stereocenters. The first-order chi connectivity index (χ1) is 16.0. The Bertz CT molecular complexity index is 789. The average Bonchev–Trinajstić information content (AvgIpc) is 3.14. The molecule has 35 heavy (non-hydrogen) atoms. The topological polar surface area (TPSA) is 69.9 Å². The van der Waals surface area contributed by atoms with Gasteiger partial charge in [-0.2, -0.15) is 0 Å². The van der Waals surface area contributed by atoms with Gasteiger partial charge in [0.05, 0.1) is 23.4 Å². The first-order valence-electron chi connectivity index (χ1n) is 14.6. The molecule has 0 heterocycles. The highest BCUT2D eigenvalue weighted by Gasteiger charge is 2.71. The summed E-state index contributed by atoms with van der Waals surface area (Å²) in [5, 5.41) is 34.5. The second kappa shape index (κ2) is 8.68. The molecule has 0 aliphatic heterocycles. The molecular weight excluding hydrogens is 436 g/mol. The summed E-state index contributed by atoms with van der Waals surface area (Å²) < 4.78 is 5.61. The molecule has 0 bridgehead atoms. The lowest BCUT2D eigenvalue weighted by atomic mass is 9.35. The fourth-order valence-electron chi connectivity index (χ4n) is 10.6. The monoisotopic (exact) mass is 492 g/mol. The standard InChI is InChI=1S/C31H56O4/c1-26(2,35-9)14-10-15-31(8,34)20-11-17-30(7)25(20)21(32)19-23-28(5)16-13-24(33)27(3,4)22(28)12-18-29(23,30)6/h20-25,32-34H,10-19H2,1-9H3/t20-,21-,22?,23+,24-,25+,28-,29+,30-,31-/m0/s1. The predicted octanol–water partition coefficient (Wildman–Crippen LogP) is 6.35. The molecule has 0 saturated heterocycles. The van der Waals surface area contributed by atoms with Crippen LogP contribution in [0.4, 0.5) is 0 Å². The van der Waals surface area contributed by atoms with Crippen molar-refractivity contribution >= 4 is 0 Å². The van der Waals surface area contributed by atoms with Crippen LogP contribution in [0.1, 0.15) is 120 Å². The Morgan fingerprint density at radius 2 is 1.46 bits per heavy atom. The minimum absolute atomic E-state index is 0.0317. The molecule has 10 atom stereocenters. The molecule has 4 saturated carbocycles. The number of fused-ring (bicyclic) bond motifs is 5. The van der Waals surface area contributed by atoms with Gasteiger partial charge in [-0.3, -0.25) is 0 Å². The molecule has 0 aromatic heterocycles. The lowest BCUT2D eigenvalue weighted by Crippen LogP contribution is -2.66. The van der Waals surface area contributed by atoms with Crippen molar-refractivity contribution in [1.82, 2.24) is 0 Å². The summed E-state index contributed by atoms with van der Waals surface area (Å²) in [6.07, 6.45) is 9.25. The van der Waals surface area contributed by atoms with Crippen LogP contribution < -0.4 is 0 Å². The van der Waals surface area contributed by atoms with Gasteiger partial charge in [0.15, 0.2) is 0 Å². The Morgan fingerprint density at radius 3 is 2.09 bits per heavy atom. The molecule has 4 rings (SSSR count). The Labute approximate surface area is 215 Å². The van der Waals surface area contributed by atoms with E-state index >= 15 is 0 Å². The van der Waals surface area contributed by atoms with Crippen molar-refractivity contribution in [3.63, 3.8) is 0 Å². The molecule has 0 aromatic rings. The van der Waals surface area contributed by atoms with E-state index in [9.17, 15) is 15.3 Å². The van der Waals surface area contributed by atoms with Gasteiger partial charge in [-0.25, -0.2) is 0 Å². The third-order valence-corrected chi connectivity index (χ3v) is 13.2. The van der Waals surface area contributed by atoms with Crippen LogP contribution in [0.2, 0.25) is 0 Å². The van der Waals surface area contributed by atoms with Crippen LogP contribution in [-0.2, 0) is 4.74 Å². The maximum Gasteiger partial charge on any atom is 0.0651 e. The molecule has 4 nitrogen and oxygen atoms in total. The van der Waals surface area contributed by atoms with Gasteiger partial charge in [0.1, 0.15) is 0 Å². The SMILES string of the molecule is COC(C)(C)CCC[C@](C)(O)[C@H]1CC[C@@]2(C)[C@H]1[C@@H](O)C[C@@H]1[C@@]3(C)CC[C@H](O)C(C)(C)C3CC[C@]12C. The maximum absolute atomic E-state index is 11.8. The van der Waals surface area contributed by atoms with Crippen LogP contribution >= 0.6 is 0 Å². The highest BCUT2D eigenvalue weighted by atomic mass is 16.5. The second-order valence-electron chi connectivity index (χ2n) is 15.5. The zero-order valence-electron chi connectivity index (χ0n) is 24.3. The first kappa shape index (κ1) is 27.9. The molecule has 204 valence electrons. The van der Waals surface area contributed by atoms with Gasteiger partial charge in [0, 0.05) is 7.11 Å². The van der Waals surface area contributed by atoms with Crippen molar-refractivity contribution in [2.24, 2.45) is 45.3 Å². The highest BCUT2D eigenvalue weighted by Crippen LogP contribution is 2.75. The van der Waals surface area contributed by atoms with E-state index in [-0.39, 0.29) is 51.3 Å². The predicted molar refractivity (Wildman–Crippen MR) is 142 cm³/mol. The van der Waals surface area contributed by atoms with Crippen LogP contribution in [0.5, 0.6) is 0 Å². The summed E-state index contributed by atoms with van der Waals surface area (Å²) in [4.78, 5) is 0. The fourth-order valence-corrected chi connectivity index (χ4v) is 10.6. The Kier molecular flexibility index (Phi) is 6.91. The van der Waals surface area contributed by atoms with E-state index in [1.54, 1.807) is 7.11 Å².